The number of aliphatic hydroxyl groups excluding tert-OH is 4. The lowest BCUT2D eigenvalue weighted by Crippen LogP contribution is -2.53. The third-order valence-electron chi connectivity index (χ3n) is 3.02. The van der Waals surface area contributed by atoms with Crippen LogP contribution in [0.3, 0.4) is 0 Å². The van der Waals surface area contributed by atoms with Gasteiger partial charge < -0.3 is 25.7 Å². The summed E-state index contributed by atoms with van der Waals surface area (Å²) in [7, 11) is -3.95. The molecule has 11 heteroatoms. The fourth-order valence-electron chi connectivity index (χ4n) is 2.05. The molecule has 0 aliphatic carbocycles. The highest BCUT2D eigenvalue weighted by Gasteiger charge is 2.44. The number of hydrogen-bond acceptors (Lipinski definition) is 10. The highest BCUT2D eigenvalue weighted by molar-refractivity contribution is 7.86. The Kier molecular flexibility index (Phi) is 5.94. The molecule has 0 saturated carbocycles. The van der Waals surface area contributed by atoms with Gasteiger partial charge in [-0.05, 0) is 0 Å². The van der Waals surface area contributed by atoms with Crippen LogP contribution in [0.4, 0.5) is 0 Å². The molecule has 0 aromatic heterocycles. The summed E-state index contributed by atoms with van der Waals surface area (Å²) < 4.78 is 26.4. The molecule has 0 unspecified atom stereocenters. The normalized spacial score (nSPS) is 31.8. The third-order valence-corrected chi connectivity index (χ3v) is 3.62. The number of aliphatic hydroxyl groups is 4. The van der Waals surface area contributed by atoms with Crippen LogP contribution in [-0.4, -0.2) is 84.8 Å². The Bertz CT molecular complexity index is 430. The molecule has 0 radical (unpaired) electrons. The average molecular weight is 314 g/mol. The quantitative estimate of drug-likeness (QED) is 0.237. The molecule has 0 bridgehead atoms. The molecule has 1 saturated heterocycles. The Balaban J connectivity index is 2.79. The Morgan fingerprint density at radius 3 is 2.50 bits per heavy atom. The van der Waals surface area contributed by atoms with Crippen LogP contribution in [0.5, 0.6) is 0 Å². The van der Waals surface area contributed by atoms with Gasteiger partial charge in [-0.1, -0.05) is 5.18 Å². The van der Waals surface area contributed by atoms with Crippen LogP contribution >= 0.6 is 0 Å². The van der Waals surface area contributed by atoms with E-state index in [2.05, 4.69) is 14.7 Å². The molecule has 5 N–H and O–H groups in total. The maximum atomic E-state index is 11.0. The van der Waals surface area contributed by atoms with E-state index in [1.54, 1.807) is 0 Å². The van der Waals surface area contributed by atoms with Gasteiger partial charge in [0.1, 0.15) is 24.4 Å². The molecule has 1 rings (SSSR count). The van der Waals surface area contributed by atoms with Crippen LogP contribution in [0.1, 0.15) is 0 Å². The highest BCUT2D eigenvalue weighted by Crippen LogP contribution is 2.19. The Morgan fingerprint density at radius 1 is 1.45 bits per heavy atom. The van der Waals surface area contributed by atoms with Gasteiger partial charge in [-0.3, -0.25) is 4.18 Å². The summed E-state index contributed by atoms with van der Waals surface area (Å²) in [4.78, 5) is 10.6. The average Bonchev–Trinajstić information content (AvgIpc) is 2.74. The maximum absolute atomic E-state index is 11.0. The minimum Gasteiger partial charge on any atom is -0.394 e. The van der Waals surface area contributed by atoms with Crippen molar-refractivity contribution < 1.29 is 33.0 Å². The Labute approximate surface area is 115 Å². The van der Waals surface area contributed by atoms with Crippen molar-refractivity contribution in [2.45, 2.75) is 36.5 Å². The lowest BCUT2D eigenvalue weighted by Gasteiger charge is -2.29. The zero-order valence-corrected chi connectivity index (χ0v) is 11.5. The van der Waals surface area contributed by atoms with E-state index >= 15 is 0 Å². The van der Waals surface area contributed by atoms with E-state index in [0.717, 1.165) is 6.26 Å². The maximum Gasteiger partial charge on any atom is 0.264 e. The van der Waals surface area contributed by atoms with Gasteiger partial charge in [0.05, 0.1) is 25.0 Å². The molecule has 10 nitrogen and oxygen atoms in total. The van der Waals surface area contributed by atoms with Crippen LogP contribution in [0.25, 0.3) is 0 Å². The van der Waals surface area contributed by atoms with Crippen LogP contribution in [0.15, 0.2) is 5.18 Å². The summed E-state index contributed by atoms with van der Waals surface area (Å²) in [5, 5.41) is 43.5. The number of β-amino-alcohol motifs (C(OH)–C–C–N with tert-alkyl or cyclic N) is 1. The van der Waals surface area contributed by atoms with E-state index in [4.69, 9.17) is 5.11 Å². The van der Waals surface area contributed by atoms with Crippen molar-refractivity contribution in [3.63, 3.8) is 0 Å². The lowest BCUT2D eigenvalue weighted by atomic mass is 9.96. The van der Waals surface area contributed by atoms with Gasteiger partial charge in [0.25, 0.3) is 10.1 Å². The van der Waals surface area contributed by atoms with Gasteiger partial charge >= 0.3 is 0 Å². The SMILES string of the molecule is CS(=O)(=O)O[C@H](CO)[C@@H](O)[C@H](O)[C@@H]1NC[C@H](O)[C@H]1N=O. The molecule has 118 valence electrons. The Hall–Kier alpha value is -0.690. The lowest BCUT2D eigenvalue weighted by molar-refractivity contribution is -0.0758. The second kappa shape index (κ2) is 6.85. The molecular weight excluding hydrogens is 296 g/mol. The van der Waals surface area contributed by atoms with Crippen LogP contribution in [-0.2, 0) is 14.3 Å². The fourth-order valence-corrected chi connectivity index (χ4v) is 2.67. The van der Waals surface area contributed by atoms with Crippen LogP contribution in [0, 0.1) is 4.91 Å². The van der Waals surface area contributed by atoms with Gasteiger partial charge in [0.2, 0.25) is 0 Å². The summed E-state index contributed by atoms with van der Waals surface area (Å²) in [6.45, 7) is -0.874. The number of nitrogens with zero attached hydrogens (tertiary/aromatic N) is 1. The molecule has 20 heavy (non-hydrogen) atoms. The van der Waals surface area contributed by atoms with Gasteiger partial charge in [-0.15, -0.1) is 0 Å². The van der Waals surface area contributed by atoms with E-state index in [0.29, 0.717) is 0 Å². The first-order valence-corrected chi connectivity index (χ1v) is 7.62. The minimum absolute atomic E-state index is 0.0123. The molecule has 1 aliphatic heterocycles. The molecule has 0 aromatic rings. The van der Waals surface area contributed by atoms with E-state index in [1.165, 1.54) is 0 Å². The zero-order valence-electron chi connectivity index (χ0n) is 10.7. The fraction of sp³-hybridized carbons (Fsp3) is 1.00. The van der Waals surface area contributed by atoms with Crippen molar-refractivity contribution >= 4 is 10.1 Å². The van der Waals surface area contributed by atoms with E-state index in [9.17, 15) is 28.6 Å². The summed E-state index contributed by atoms with van der Waals surface area (Å²) in [5.74, 6) is 0. The third kappa shape index (κ3) is 4.15. The van der Waals surface area contributed by atoms with Crippen molar-refractivity contribution in [3.05, 3.63) is 4.91 Å². The number of nitroso groups, excluding NO2 is 1. The largest absolute Gasteiger partial charge is 0.394 e. The summed E-state index contributed by atoms with van der Waals surface area (Å²) in [6.07, 6.45) is -5.44. The summed E-state index contributed by atoms with van der Waals surface area (Å²) >= 11 is 0. The minimum atomic E-state index is -3.95. The smallest absolute Gasteiger partial charge is 0.264 e. The topological polar surface area (TPSA) is 166 Å². The first-order chi connectivity index (χ1) is 9.21. The van der Waals surface area contributed by atoms with Crippen molar-refractivity contribution in [3.8, 4) is 0 Å². The Morgan fingerprint density at radius 2 is 2.05 bits per heavy atom. The number of hydrogen-bond donors (Lipinski definition) is 5. The van der Waals surface area contributed by atoms with E-state index in [-0.39, 0.29) is 6.54 Å². The van der Waals surface area contributed by atoms with Gasteiger partial charge in [0.15, 0.2) is 0 Å². The predicted octanol–water partition coefficient (Wildman–Crippen LogP) is -3.49. The second-order valence-electron chi connectivity index (χ2n) is 4.60. The van der Waals surface area contributed by atoms with Gasteiger partial charge in [-0.2, -0.15) is 13.3 Å². The monoisotopic (exact) mass is 314 g/mol. The van der Waals surface area contributed by atoms with Crippen LogP contribution < -0.4 is 5.32 Å². The molecule has 1 aliphatic rings. The zero-order chi connectivity index (χ0) is 15.5. The first kappa shape index (κ1) is 17.4. The van der Waals surface area contributed by atoms with E-state index in [1.807, 2.05) is 0 Å². The van der Waals surface area contributed by atoms with Crippen molar-refractivity contribution in [1.29, 1.82) is 0 Å². The molecule has 0 spiro atoms. The number of rotatable bonds is 7. The van der Waals surface area contributed by atoms with Gasteiger partial charge in [0, 0.05) is 6.54 Å². The molecule has 0 aromatic carbocycles. The summed E-state index contributed by atoms with van der Waals surface area (Å²) in [6, 6.07) is -2.27. The van der Waals surface area contributed by atoms with Crippen molar-refractivity contribution in [2.24, 2.45) is 5.18 Å². The second-order valence-corrected chi connectivity index (χ2v) is 6.20. The molecular formula is C9H18N2O8S. The van der Waals surface area contributed by atoms with Gasteiger partial charge in [-0.25, -0.2) is 0 Å². The van der Waals surface area contributed by atoms with Crippen molar-refractivity contribution in [1.82, 2.24) is 5.32 Å². The molecule has 1 fully saturated rings. The number of nitrogens with one attached hydrogen (secondary N) is 1. The highest BCUT2D eigenvalue weighted by atomic mass is 32.2. The van der Waals surface area contributed by atoms with Crippen LogP contribution in [0.2, 0.25) is 0 Å². The molecule has 6 atom stereocenters. The first-order valence-electron chi connectivity index (χ1n) is 5.80. The standard InChI is InChI=1S/C9H18N2O8S/c1-20(17,18)19-5(3-12)8(14)9(15)7-6(11-16)4(13)2-10-7/h4-10,12-15H,2-3H2,1H3/t4-,5+,6+,7+,8+,9+/m0/s1. The van der Waals surface area contributed by atoms with E-state index < -0.39 is 53.2 Å². The molecule has 1 heterocycles. The van der Waals surface area contributed by atoms with Crippen molar-refractivity contribution in [2.75, 3.05) is 19.4 Å². The molecule has 0 amide bonds. The predicted molar refractivity (Wildman–Crippen MR) is 66.2 cm³/mol. The summed E-state index contributed by atoms with van der Waals surface area (Å²) in [5.41, 5.74) is 0.